The molecule has 0 bridgehead atoms. The van der Waals surface area contributed by atoms with Crippen LogP contribution < -0.4 is 10.5 Å². The van der Waals surface area contributed by atoms with Gasteiger partial charge < -0.3 is 25.4 Å². The van der Waals surface area contributed by atoms with E-state index in [1.54, 1.807) is 4.72 Å². The summed E-state index contributed by atoms with van der Waals surface area (Å²) in [5, 5.41) is 20.2. The Bertz CT molecular complexity index is 859. The first-order chi connectivity index (χ1) is 14.2. The van der Waals surface area contributed by atoms with E-state index in [9.17, 15) is 35.5 Å². The molecule has 0 aromatic rings. The molecule has 7 N–H and O–H groups in total. The van der Waals surface area contributed by atoms with E-state index in [1.807, 2.05) is 0 Å². The topological polar surface area (TPSA) is 249 Å². The number of aliphatic hydroxyl groups is 2. The molecule has 0 aliphatic carbocycles. The smallest absolute Gasteiger partial charge is 0.388 e. The second-order valence-corrected chi connectivity index (χ2v) is 11.3. The first kappa shape index (κ1) is 28.5. The van der Waals surface area contributed by atoms with Gasteiger partial charge in [-0.1, -0.05) is 6.42 Å². The molecule has 0 radical (unpaired) electrons. The van der Waals surface area contributed by atoms with Gasteiger partial charge in [0.15, 0.2) is 16.1 Å². The summed E-state index contributed by atoms with van der Waals surface area (Å²) >= 11 is 0. The van der Waals surface area contributed by atoms with E-state index in [0.29, 0.717) is 19.3 Å². The minimum Gasteiger partial charge on any atom is -0.388 e. The van der Waals surface area contributed by atoms with Crippen LogP contribution in [0.1, 0.15) is 19.3 Å². The molecule has 15 nitrogen and oxygen atoms in total. The van der Waals surface area contributed by atoms with E-state index in [4.69, 9.17) is 24.3 Å². The highest BCUT2D eigenvalue weighted by Crippen LogP contribution is 2.24. The molecule has 0 amide bonds. The lowest BCUT2D eigenvalue weighted by Crippen LogP contribution is -2.64. The zero-order valence-electron chi connectivity index (χ0n) is 16.3. The number of nitrogens with one attached hydrogen (secondary N) is 1. The van der Waals surface area contributed by atoms with Crippen LogP contribution in [0.2, 0.25) is 0 Å². The number of rotatable bonds is 14. The van der Waals surface area contributed by atoms with Gasteiger partial charge >= 0.3 is 20.7 Å². The van der Waals surface area contributed by atoms with Crippen molar-refractivity contribution in [2.45, 2.75) is 49.9 Å². The number of aliphatic hydroxyl groups excluding tert-OH is 2. The summed E-state index contributed by atoms with van der Waals surface area (Å²) in [4.78, 5) is 0. The molecule has 1 saturated heterocycles. The maximum absolute atomic E-state index is 11.6. The standard InChI is InChI=1S/C13H28N2O13S3/c14-4-7-29(18,19)6-3-1-2-5-26-13-10(15-30(20,21)22)12(17)11(16)9(28-13)8-27-31(23,24)25/h9-13,15-17H,1-8,14H2,(H,20,21,22)(H,23,24,25)/t9-,10-,11-,12-,13-/m1/s1. The maximum Gasteiger partial charge on any atom is 0.397 e. The van der Waals surface area contributed by atoms with Crippen LogP contribution in [-0.4, -0.2) is 106 Å². The fourth-order valence-corrected chi connectivity index (χ4v) is 4.85. The third-order valence-corrected chi connectivity index (χ3v) is 6.95. The fourth-order valence-electron chi connectivity index (χ4n) is 2.74. The number of nitrogens with two attached hydrogens (primary N) is 1. The zero-order valence-corrected chi connectivity index (χ0v) is 18.8. The van der Waals surface area contributed by atoms with E-state index in [2.05, 4.69) is 4.18 Å². The second-order valence-electron chi connectivity index (χ2n) is 6.73. The quantitative estimate of drug-likeness (QED) is 0.0971. The highest BCUT2D eigenvalue weighted by Gasteiger charge is 2.47. The normalized spacial score (nSPS) is 28.0. The summed E-state index contributed by atoms with van der Waals surface area (Å²) in [7, 11) is -13.0. The van der Waals surface area contributed by atoms with Crippen molar-refractivity contribution in [1.82, 2.24) is 4.72 Å². The largest absolute Gasteiger partial charge is 0.397 e. The Kier molecular flexibility index (Phi) is 11.1. The molecule has 0 unspecified atom stereocenters. The van der Waals surface area contributed by atoms with Gasteiger partial charge in [-0.2, -0.15) is 21.6 Å². The molecule has 186 valence electrons. The molecule has 31 heavy (non-hydrogen) atoms. The minimum absolute atomic E-state index is 0.0171. The molecule has 0 aromatic carbocycles. The van der Waals surface area contributed by atoms with Crippen LogP contribution in [0.5, 0.6) is 0 Å². The Hall–Kier alpha value is -0.510. The van der Waals surface area contributed by atoms with Gasteiger partial charge in [0.05, 0.1) is 18.1 Å². The first-order valence-electron chi connectivity index (χ1n) is 9.05. The van der Waals surface area contributed by atoms with E-state index in [0.717, 1.165) is 0 Å². The number of hydrogen-bond acceptors (Lipinski definition) is 12. The molecule has 1 heterocycles. The summed E-state index contributed by atoms with van der Waals surface area (Å²) in [5.74, 6) is -0.202. The number of unbranched alkanes of at least 4 members (excludes halogenated alkanes) is 2. The third-order valence-electron chi connectivity index (χ3n) is 4.18. The van der Waals surface area contributed by atoms with Crippen molar-refractivity contribution in [3.63, 3.8) is 0 Å². The van der Waals surface area contributed by atoms with Crippen molar-refractivity contribution >= 4 is 30.5 Å². The van der Waals surface area contributed by atoms with Crippen LogP contribution in [0.4, 0.5) is 0 Å². The minimum atomic E-state index is -4.89. The predicted molar refractivity (Wildman–Crippen MR) is 104 cm³/mol. The van der Waals surface area contributed by atoms with Crippen molar-refractivity contribution in [2.75, 3.05) is 31.3 Å². The predicted octanol–water partition coefficient (Wildman–Crippen LogP) is -3.43. The molecular formula is C13H28N2O13S3. The summed E-state index contributed by atoms with van der Waals surface area (Å²) in [6, 6.07) is -1.67. The third kappa shape index (κ3) is 11.3. The monoisotopic (exact) mass is 516 g/mol. The lowest BCUT2D eigenvalue weighted by molar-refractivity contribution is -0.267. The molecular weight excluding hydrogens is 488 g/mol. The second kappa shape index (κ2) is 12.1. The van der Waals surface area contributed by atoms with Crippen LogP contribution in [0.3, 0.4) is 0 Å². The summed E-state index contributed by atoms with van der Waals surface area (Å²) < 4.78 is 101. The van der Waals surface area contributed by atoms with Crippen molar-refractivity contribution < 1.29 is 58.2 Å². The molecule has 0 saturated carbocycles. The van der Waals surface area contributed by atoms with Crippen molar-refractivity contribution in [3.05, 3.63) is 0 Å². The number of ether oxygens (including phenoxy) is 2. The Labute approximate surface area is 180 Å². The summed E-state index contributed by atoms with van der Waals surface area (Å²) in [6.07, 6.45) is -5.87. The zero-order chi connectivity index (χ0) is 23.9. The van der Waals surface area contributed by atoms with Gasteiger partial charge in [0, 0.05) is 13.2 Å². The van der Waals surface area contributed by atoms with E-state index < -0.39 is 67.8 Å². The van der Waals surface area contributed by atoms with Crippen molar-refractivity contribution in [2.24, 2.45) is 5.73 Å². The van der Waals surface area contributed by atoms with Crippen molar-refractivity contribution in [1.29, 1.82) is 0 Å². The molecule has 1 aliphatic rings. The summed E-state index contributed by atoms with van der Waals surface area (Å²) in [5.41, 5.74) is 5.21. The Morgan fingerprint density at radius 1 is 0.935 bits per heavy atom. The van der Waals surface area contributed by atoms with Gasteiger partial charge in [-0.15, -0.1) is 0 Å². The Balaban J connectivity index is 2.69. The van der Waals surface area contributed by atoms with Crippen molar-refractivity contribution in [3.8, 4) is 0 Å². The van der Waals surface area contributed by atoms with Gasteiger partial charge in [-0.25, -0.2) is 12.6 Å². The highest BCUT2D eigenvalue weighted by molar-refractivity contribution is 7.91. The fraction of sp³-hybridized carbons (Fsp3) is 1.00. The van der Waals surface area contributed by atoms with Crippen LogP contribution >= 0.6 is 0 Å². The summed E-state index contributed by atoms with van der Waals surface area (Å²) in [6.45, 7) is -1.00. The van der Waals surface area contributed by atoms with Crippen LogP contribution in [0.25, 0.3) is 0 Å². The Morgan fingerprint density at radius 3 is 2.13 bits per heavy atom. The highest BCUT2D eigenvalue weighted by atomic mass is 32.3. The number of hydrogen-bond donors (Lipinski definition) is 6. The van der Waals surface area contributed by atoms with E-state index in [-0.39, 0.29) is 24.7 Å². The molecule has 1 fully saturated rings. The molecule has 1 aliphatic heterocycles. The maximum atomic E-state index is 11.6. The van der Waals surface area contributed by atoms with Crippen LogP contribution in [-0.2, 0) is 44.2 Å². The average Bonchev–Trinajstić information content (AvgIpc) is 2.60. The van der Waals surface area contributed by atoms with E-state index in [1.165, 1.54) is 0 Å². The Morgan fingerprint density at radius 2 is 1.58 bits per heavy atom. The van der Waals surface area contributed by atoms with Gasteiger partial charge in [0.2, 0.25) is 0 Å². The lowest BCUT2D eigenvalue weighted by atomic mass is 9.98. The number of sulfone groups is 1. The van der Waals surface area contributed by atoms with Crippen LogP contribution in [0, 0.1) is 0 Å². The molecule has 5 atom stereocenters. The van der Waals surface area contributed by atoms with Crippen LogP contribution in [0.15, 0.2) is 0 Å². The van der Waals surface area contributed by atoms with Gasteiger partial charge in [-0.05, 0) is 12.8 Å². The molecule has 0 spiro atoms. The molecule has 18 heteroatoms. The lowest BCUT2D eigenvalue weighted by Gasteiger charge is -2.41. The van der Waals surface area contributed by atoms with Gasteiger partial charge in [0.1, 0.15) is 24.4 Å². The average molecular weight is 517 g/mol. The molecule has 0 aromatic heterocycles. The van der Waals surface area contributed by atoms with Gasteiger partial charge in [-0.3, -0.25) is 9.11 Å². The first-order valence-corrected chi connectivity index (χ1v) is 13.7. The van der Waals surface area contributed by atoms with Gasteiger partial charge in [0.25, 0.3) is 0 Å². The SMILES string of the molecule is NCCS(=O)(=O)CCCCCO[C@@H]1O[C@H](COS(=O)(=O)O)[C@@H](O)[C@H](O)[C@H]1NS(=O)(=O)O. The van der Waals surface area contributed by atoms with E-state index >= 15 is 0 Å². The molecule has 1 rings (SSSR count).